The van der Waals surface area contributed by atoms with Crippen LogP contribution in [0.4, 0.5) is 0 Å². The minimum atomic E-state index is -0.125. The lowest BCUT2D eigenvalue weighted by atomic mass is 9.90. The van der Waals surface area contributed by atoms with Gasteiger partial charge in [0.15, 0.2) is 11.5 Å². The van der Waals surface area contributed by atoms with Crippen LogP contribution in [0.1, 0.15) is 23.2 Å². The third-order valence-electron chi connectivity index (χ3n) is 6.89. The van der Waals surface area contributed by atoms with Crippen molar-refractivity contribution in [1.82, 2.24) is 14.7 Å². The van der Waals surface area contributed by atoms with Crippen LogP contribution in [0.25, 0.3) is 0 Å². The summed E-state index contributed by atoms with van der Waals surface area (Å²) in [5.74, 6) is 2.03. The van der Waals surface area contributed by atoms with Crippen molar-refractivity contribution in [2.45, 2.75) is 18.9 Å². The summed E-state index contributed by atoms with van der Waals surface area (Å²) < 4.78 is 17.1. The third kappa shape index (κ3) is 4.97. The molecular weight excluding hydrogens is 434 g/mol. The quantitative estimate of drug-likeness (QED) is 0.676. The van der Waals surface area contributed by atoms with Crippen LogP contribution in [0.15, 0.2) is 48.5 Å². The van der Waals surface area contributed by atoms with E-state index in [1.807, 2.05) is 40.1 Å². The van der Waals surface area contributed by atoms with Crippen molar-refractivity contribution in [3.8, 4) is 17.2 Å². The maximum Gasteiger partial charge on any atom is 0.254 e. The summed E-state index contributed by atoms with van der Waals surface area (Å²) >= 11 is 0. The predicted molar refractivity (Wildman–Crippen MR) is 126 cm³/mol. The highest BCUT2D eigenvalue weighted by molar-refractivity contribution is 5.95. The van der Waals surface area contributed by atoms with E-state index in [1.165, 1.54) is 0 Å². The second-order valence-electron chi connectivity index (χ2n) is 9.23. The number of benzene rings is 2. The first-order valence-electron chi connectivity index (χ1n) is 11.9. The molecule has 3 aliphatic rings. The van der Waals surface area contributed by atoms with Gasteiger partial charge in [0.1, 0.15) is 11.9 Å². The third-order valence-corrected chi connectivity index (χ3v) is 6.89. The van der Waals surface area contributed by atoms with Crippen LogP contribution in [0.5, 0.6) is 17.2 Å². The van der Waals surface area contributed by atoms with Gasteiger partial charge in [-0.3, -0.25) is 9.59 Å². The van der Waals surface area contributed by atoms with Gasteiger partial charge in [-0.1, -0.05) is 18.2 Å². The number of ether oxygens (including phenoxy) is 3. The van der Waals surface area contributed by atoms with E-state index in [0.717, 1.165) is 31.9 Å². The number of hydrogen-bond acceptors (Lipinski definition) is 6. The molecule has 34 heavy (non-hydrogen) atoms. The van der Waals surface area contributed by atoms with Crippen molar-refractivity contribution in [2.75, 3.05) is 53.1 Å². The van der Waals surface area contributed by atoms with Gasteiger partial charge in [0.05, 0.1) is 0 Å². The molecule has 2 saturated heterocycles. The van der Waals surface area contributed by atoms with E-state index in [0.29, 0.717) is 43.0 Å². The van der Waals surface area contributed by atoms with Crippen molar-refractivity contribution in [3.63, 3.8) is 0 Å². The standard InChI is InChI=1S/C26H31N3O5/c1-27-11-13-28(14-12-27)25(30)16-20-17-29(10-9-22(20)34-21-5-3-2-4-6-21)26(31)19-7-8-23-24(15-19)33-18-32-23/h2-8,15,20,22H,9-14,16-18H2,1H3/t20-,22-/m0/s1. The Labute approximate surface area is 200 Å². The highest BCUT2D eigenvalue weighted by Crippen LogP contribution is 2.34. The van der Waals surface area contributed by atoms with E-state index in [4.69, 9.17) is 14.2 Å². The number of amides is 2. The molecule has 0 spiro atoms. The fourth-order valence-electron chi connectivity index (χ4n) is 4.84. The molecule has 3 aliphatic heterocycles. The molecule has 5 rings (SSSR count). The number of likely N-dealkylation sites (tertiary alicyclic amines) is 1. The molecule has 0 bridgehead atoms. The summed E-state index contributed by atoms with van der Waals surface area (Å²) in [7, 11) is 2.08. The number of nitrogens with zero attached hydrogens (tertiary/aromatic N) is 3. The second kappa shape index (κ2) is 9.93. The number of rotatable bonds is 5. The SMILES string of the molecule is CN1CCN(C(=O)C[C@H]2CN(C(=O)c3ccc4c(c3)OCO4)CC[C@@H]2Oc2ccccc2)CC1. The zero-order chi connectivity index (χ0) is 23.5. The summed E-state index contributed by atoms with van der Waals surface area (Å²) in [4.78, 5) is 32.5. The van der Waals surface area contributed by atoms with Gasteiger partial charge in [0.2, 0.25) is 12.7 Å². The topological polar surface area (TPSA) is 71.6 Å². The zero-order valence-corrected chi connectivity index (χ0v) is 19.5. The van der Waals surface area contributed by atoms with E-state index < -0.39 is 0 Å². The lowest BCUT2D eigenvalue weighted by molar-refractivity contribution is -0.135. The van der Waals surface area contributed by atoms with Crippen molar-refractivity contribution in [1.29, 1.82) is 0 Å². The molecule has 0 unspecified atom stereocenters. The van der Waals surface area contributed by atoms with Gasteiger partial charge in [-0.2, -0.15) is 0 Å². The Morgan fingerprint density at radius 2 is 1.71 bits per heavy atom. The van der Waals surface area contributed by atoms with Crippen LogP contribution in [-0.4, -0.2) is 85.7 Å². The van der Waals surface area contributed by atoms with Gasteiger partial charge >= 0.3 is 0 Å². The number of fused-ring (bicyclic) bond motifs is 1. The van der Waals surface area contributed by atoms with Gasteiger partial charge in [-0.15, -0.1) is 0 Å². The van der Waals surface area contributed by atoms with Crippen molar-refractivity contribution < 1.29 is 23.8 Å². The van der Waals surface area contributed by atoms with E-state index in [-0.39, 0.29) is 30.6 Å². The number of likely N-dealkylation sites (N-methyl/N-ethyl adjacent to an activating group) is 1. The number of piperazine rings is 1. The minimum absolute atomic E-state index is 0.0616. The minimum Gasteiger partial charge on any atom is -0.490 e. The molecule has 0 saturated carbocycles. The molecule has 3 heterocycles. The zero-order valence-electron chi connectivity index (χ0n) is 19.5. The van der Waals surface area contributed by atoms with Crippen LogP contribution in [0, 0.1) is 5.92 Å². The fourth-order valence-corrected chi connectivity index (χ4v) is 4.84. The van der Waals surface area contributed by atoms with Gasteiger partial charge in [-0.25, -0.2) is 0 Å². The van der Waals surface area contributed by atoms with E-state index in [2.05, 4.69) is 11.9 Å². The molecule has 2 amide bonds. The molecule has 0 N–H and O–H groups in total. The molecule has 2 atom stereocenters. The maximum absolute atomic E-state index is 13.3. The number of para-hydroxylation sites is 1. The van der Waals surface area contributed by atoms with Gasteiger partial charge in [-0.05, 0) is 37.4 Å². The number of hydrogen-bond donors (Lipinski definition) is 0. The molecular formula is C26H31N3O5. The molecule has 0 radical (unpaired) electrons. The Hall–Kier alpha value is -3.26. The number of carbonyl (C=O) groups excluding carboxylic acids is 2. The first-order valence-corrected chi connectivity index (χ1v) is 11.9. The van der Waals surface area contributed by atoms with Gasteiger partial charge in [0, 0.05) is 63.6 Å². The van der Waals surface area contributed by atoms with Gasteiger partial charge in [0.25, 0.3) is 5.91 Å². The first kappa shape index (κ1) is 22.5. The Balaban J connectivity index is 1.30. The monoisotopic (exact) mass is 465 g/mol. The lowest BCUT2D eigenvalue weighted by Gasteiger charge is -2.40. The first-order chi connectivity index (χ1) is 16.6. The number of carbonyl (C=O) groups is 2. The number of piperidine rings is 1. The molecule has 8 heteroatoms. The van der Waals surface area contributed by atoms with Crippen molar-refractivity contribution in [2.24, 2.45) is 5.92 Å². The molecule has 0 aliphatic carbocycles. The normalized spacial score (nSPS) is 22.5. The summed E-state index contributed by atoms with van der Waals surface area (Å²) in [5, 5.41) is 0. The Morgan fingerprint density at radius 3 is 2.50 bits per heavy atom. The average molecular weight is 466 g/mol. The van der Waals surface area contributed by atoms with Crippen LogP contribution in [0.2, 0.25) is 0 Å². The second-order valence-corrected chi connectivity index (χ2v) is 9.23. The molecule has 2 fully saturated rings. The summed E-state index contributed by atoms with van der Waals surface area (Å²) in [6, 6.07) is 15.0. The molecule has 2 aromatic carbocycles. The van der Waals surface area contributed by atoms with Crippen LogP contribution in [-0.2, 0) is 4.79 Å². The summed E-state index contributed by atoms with van der Waals surface area (Å²) in [6.07, 6.45) is 0.914. The summed E-state index contributed by atoms with van der Waals surface area (Å²) in [5.41, 5.74) is 0.566. The molecule has 0 aromatic heterocycles. The summed E-state index contributed by atoms with van der Waals surface area (Å²) in [6.45, 7) is 4.47. The Kier molecular flexibility index (Phi) is 6.58. The molecule has 2 aromatic rings. The Bertz CT molecular complexity index is 1020. The fraction of sp³-hybridized carbons (Fsp3) is 0.462. The molecule has 180 valence electrons. The van der Waals surface area contributed by atoms with Gasteiger partial charge < -0.3 is 28.9 Å². The van der Waals surface area contributed by atoms with Crippen molar-refractivity contribution in [3.05, 3.63) is 54.1 Å². The lowest BCUT2D eigenvalue weighted by Crippen LogP contribution is -2.51. The molecule has 8 nitrogen and oxygen atoms in total. The van der Waals surface area contributed by atoms with Crippen molar-refractivity contribution >= 4 is 11.8 Å². The predicted octanol–water partition coefficient (Wildman–Crippen LogP) is 2.49. The van der Waals surface area contributed by atoms with E-state index in [9.17, 15) is 9.59 Å². The maximum atomic E-state index is 13.3. The smallest absolute Gasteiger partial charge is 0.254 e. The Morgan fingerprint density at radius 1 is 0.941 bits per heavy atom. The highest BCUT2D eigenvalue weighted by atomic mass is 16.7. The van der Waals surface area contributed by atoms with E-state index >= 15 is 0 Å². The van der Waals surface area contributed by atoms with Crippen LogP contribution < -0.4 is 14.2 Å². The largest absolute Gasteiger partial charge is 0.490 e. The highest BCUT2D eigenvalue weighted by Gasteiger charge is 2.36. The van der Waals surface area contributed by atoms with E-state index in [1.54, 1.807) is 18.2 Å². The van der Waals surface area contributed by atoms with Crippen LogP contribution >= 0.6 is 0 Å². The average Bonchev–Trinajstić information content (AvgIpc) is 3.34. The van der Waals surface area contributed by atoms with Crippen LogP contribution in [0.3, 0.4) is 0 Å².